The summed E-state index contributed by atoms with van der Waals surface area (Å²) in [4.78, 5) is 3.61. The predicted molar refractivity (Wildman–Crippen MR) is 124 cm³/mol. The van der Waals surface area contributed by atoms with Gasteiger partial charge < -0.3 is 4.98 Å². The van der Waals surface area contributed by atoms with Crippen molar-refractivity contribution in [2.45, 2.75) is 45.4 Å². The molecule has 0 spiro atoms. The zero-order valence-electron chi connectivity index (χ0n) is 17.7. The Morgan fingerprint density at radius 2 is 1.87 bits per heavy atom. The van der Waals surface area contributed by atoms with E-state index >= 15 is 0 Å². The van der Waals surface area contributed by atoms with Crippen LogP contribution in [0.3, 0.4) is 0 Å². The first-order valence-electron chi connectivity index (χ1n) is 10.9. The number of benzene rings is 2. The lowest BCUT2D eigenvalue weighted by atomic mass is 9.99. The number of para-hydroxylation sites is 1. The molecule has 2 aromatic carbocycles. The fourth-order valence-corrected chi connectivity index (χ4v) is 4.66. The van der Waals surface area contributed by atoms with Gasteiger partial charge in [-0.3, -0.25) is 9.67 Å². The molecule has 1 aliphatic carbocycles. The standard InChI is InChI=1S/C26H26N4/c1-15(2)18-10-11-21-20(12-18)26(16(3)27-21)24-13-19-6-4-5-7-23(19)30(24)25-14-22(28-29-25)17-8-9-17/h4-7,10-15,17,27H,8-9H2,1-3H3,(H,28,29). The van der Waals surface area contributed by atoms with Crippen LogP contribution in [0.2, 0.25) is 0 Å². The first-order chi connectivity index (χ1) is 14.6. The zero-order chi connectivity index (χ0) is 20.4. The second kappa shape index (κ2) is 6.36. The number of aromatic nitrogens is 4. The van der Waals surface area contributed by atoms with Crippen LogP contribution in [-0.4, -0.2) is 19.7 Å². The molecule has 4 nitrogen and oxygen atoms in total. The van der Waals surface area contributed by atoms with Gasteiger partial charge in [-0.05, 0) is 55.5 Å². The summed E-state index contributed by atoms with van der Waals surface area (Å²) in [6.45, 7) is 6.67. The molecule has 0 amide bonds. The van der Waals surface area contributed by atoms with Crippen LogP contribution in [0.4, 0.5) is 0 Å². The zero-order valence-corrected chi connectivity index (χ0v) is 17.7. The maximum Gasteiger partial charge on any atom is 0.159 e. The molecule has 30 heavy (non-hydrogen) atoms. The molecule has 1 saturated carbocycles. The third kappa shape index (κ3) is 2.63. The molecule has 3 aromatic heterocycles. The van der Waals surface area contributed by atoms with Crippen LogP contribution in [0.25, 0.3) is 38.9 Å². The molecule has 0 saturated heterocycles. The van der Waals surface area contributed by atoms with Gasteiger partial charge in [0.15, 0.2) is 5.82 Å². The molecule has 3 heterocycles. The summed E-state index contributed by atoms with van der Waals surface area (Å²) >= 11 is 0. The van der Waals surface area contributed by atoms with Crippen molar-refractivity contribution in [2.24, 2.45) is 0 Å². The summed E-state index contributed by atoms with van der Waals surface area (Å²) in [5.74, 6) is 2.12. The Hall–Kier alpha value is -3.27. The summed E-state index contributed by atoms with van der Waals surface area (Å²) in [5.41, 5.74) is 8.63. The smallest absolute Gasteiger partial charge is 0.159 e. The molecular weight excluding hydrogens is 368 g/mol. The lowest BCUT2D eigenvalue weighted by Gasteiger charge is -2.10. The van der Waals surface area contributed by atoms with Crippen molar-refractivity contribution in [3.05, 3.63) is 71.5 Å². The highest BCUT2D eigenvalue weighted by Gasteiger charge is 2.27. The number of hydrogen-bond donors (Lipinski definition) is 2. The van der Waals surface area contributed by atoms with Gasteiger partial charge >= 0.3 is 0 Å². The Morgan fingerprint density at radius 1 is 1.03 bits per heavy atom. The summed E-state index contributed by atoms with van der Waals surface area (Å²) in [6, 6.07) is 19.9. The molecule has 0 aliphatic heterocycles. The van der Waals surface area contributed by atoms with Gasteiger partial charge in [0.25, 0.3) is 0 Å². The molecular formula is C26H26N4. The third-order valence-electron chi connectivity index (χ3n) is 6.47. The number of aromatic amines is 2. The second-order valence-electron chi connectivity index (χ2n) is 8.96. The van der Waals surface area contributed by atoms with Crippen molar-refractivity contribution < 1.29 is 0 Å². The molecule has 0 bridgehead atoms. The average Bonchev–Trinajstić information content (AvgIpc) is 3.21. The van der Waals surface area contributed by atoms with Gasteiger partial charge in [-0.1, -0.05) is 38.1 Å². The van der Waals surface area contributed by atoms with Gasteiger partial charge in [0.05, 0.1) is 11.2 Å². The Balaban J connectivity index is 1.65. The topological polar surface area (TPSA) is 49.4 Å². The Bertz CT molecular complexity index is 1390. The molecule has 5 aromatic rings. The Labute approximate surface area is 175 Å². The van der Waals surface area contributed by atoms with Crippen LogP contribution in [-0.2, 0) is 0 Å². The van der Waals surface area contributed by atoms with Crippen molar-refractivity contribution in [3.8, 4) is 17.1 Å². The maximum absolute atomic E-state index is 4.72. The Morgan fingerprint density at radius 3 is 2.67 bits per heavy atom. The summed E-state index contributed by atoms with van der Waals surface area (Å²) in [6.07, 6.45) is 2.53. The lowest BCUT2D eigenvalue weighted by Crippen LogP contribution is -1.98. The van der Waals surface area contributed by atoms with E-state index < -0.39 is 0 Å². The third-order valence-corrected chi connectivity index (χ3v) is 6.47. The van der Waals surface area contributed by atoms with Crippen molar-refractivity contribution >= 4 is 21.8 Å². The highest BCUT2D eigenvalue weighted by atomic mass is 15.2. The van der Waals surface area contributed by atoms with Crippen LogP contribution >= 0.6 is 0 Å². The Kier molecular flexibility index (Phi) is 3.73. The SMILES string of the molecule is Cc1[nH]c2ccc(C(C)C)cc2c1-c1cc2ccccc2n1-c1cc(C2CC2)[nH]n1. The van der Waals surface area contributed by atoms with Gasteiger partial charge in [0.1, 0.15) is 0 Å². The van der Waals surface area contributed by atoms with E-state index in [4.69, 9.17) is 5.10 Å². The first kappa shape index (κ1) is 17.6. The van der Waals surface area contributed by atoms with Gasteiger partial charge in [-0.2, -0.15) is 5.10 Å². The van der Waals surface area contributed by atoms with E-state index in [-0.39, 0.29) is 0 Å². The molecule has 0 unspecified atom stereocenters. The van der Waals surface area contributed by atoms with Crippen molar-refractivity contribution in [1.29, 1.82) is 0 Å². The van der Waals surface area contributed by atoms with Crippen molar-refractivity contribution in [2.75, 3.05) is 0 Å². The molecule has 150 valence electrons. The highest BCUT2D eigenvalue weighted by molar-refractivity contribution is 6.01. The number of H-pyrrole nitrogens is 2. The van der Waals surface area contributed by atoms with Gasteiger partial charge in [-0.25, -0.2) is 0 Å². The second-order valence-corrected chi connectivity index (χ2v) is 8.96. The molecule has 1 fully saturated rings. The van der Waals surface area contributed by atoms with Gasteiger partial charge in [0, 0.05) is 45.2 Å². The van der Waals surface area contributed by atoms with Gasteiger partial charge in [0.2, 0.25) is 0 Å². The minimum absolute atomic E-state index is 0.496. The van der Waals surface area contributed by atoms with E-state index in [1.165, 1.54) is 62.9 Å². The fourth-order valence-electron chi connectivity index (χ4n) is 4.66. The number of aryl methyl sites for hydroxylation is 1. The number of hydrogen-bond acceptors (Lipinski definition) is 1. The number of fused-ring (bicyclic) bond motifs is 2. The quantitative estimate of drug-likeness (QED) is 0.345. The largest absolute Gasteiger partial charge is 0.358 e. The van der Waals surface area contributed by atoms with Crippen LogP contribution < -0.4 is 0 Å². The minimum Gasteiger partial charge on any atom is -0.358 e. The summed E-state index contributed by atoms with van der Waals surface area (Å²) in [5, 5.41) is 10.5. The van der Waals surface area contributed by atoms with E-state index in [9.17, 15) is 0 Å². The van der Waals surface area contributed by atoms with Crippen LogP contribution in [0.15, 0.2) is 54.6 Å². The minimum atomic E-state index is 0.496. The maximum atomic E-state index is 4.72. The number of nitrogens with one attached hydrogen (secondary N) is 2. The number of nitrogens with zero attached hydrogens (tertiary/aromatic N) is 2. The monoisotopic (exact) mass is 394 g/mol. The summed E-state index contributed by atoms with van der Waals surface area (Å²) < 4.78 is 2.31. The first-order valence-corrected chi connectivity index (χ1v) is 10.9. The highest BCUT2D eigenvalue weighted by Crippen LogP contribution is 2.41. The van der Waals surface area contributed by atoms with E-state index in [1.807, 2.05) is 0 Å². The van der Waals surface area contributed by atoms with Crippen molar-refractivity contribution in [1.82, 2.24) is 19.7 Å². The summed E-state index contributed by atoms with van der Waals surface area (Å²) in [7, 11) is 0. The van der Waals surface area contributed by atoms with Crippen LogP contribution in [0.5, 0.6) is 0 Å². The number of rotatable bonds is 4. The van der Waals surface area contributed by atoms with Crippen LogP contribution in [0.1, 0.15) is 55.5 Å². The molecule has 2 N–H and O–H groups in total. The van der Waals surface area contributed by atoms with E-state index in [0.29, 0.717) is 11.8 Å². The predicted octanol–water partition coefficient (Wildman–Crippen LogP) is 6.81. The molecule has 4 heteroatoms. The van der Waals surface area contributed by atoms with E-state index in [2.05, 4.69) is 90.0 Å². The fraction of sp³-hybridized carbons (Fsp3) is 0.269. The molecule has 0 radical (unpaired) electrons. The lowest BCUT2D eigenvalue weighted by molar-refractivity contribution is 0.869. The van der Waals surface area contributed by atoms with E-state index in [1.54, 1.807) is 0 Å². The van der Waals surface area contributed by atoms with Crippen molar-refractivity contribution in [3.63, 3.8) is 0 Å². The molecule has 6 rings (SSSR count). The van der Waals surface area contributed by atoms with E-state index in [0.717, 1.165) is 5.82 Å². The van der Waals surface area contributed by atoms with Gasteiger partial charge in [-0.15, -0.1) is 0 Å². The molecule has 1 aliphatic rings. The molecule has 0 atom stereocenters. The van der Waals surface area contributed by atoms with Crippen LogP contribution in [0, 0.1) is 6.92 Å². The average molecular weight is 395 g/mol. The normalized spacial score (nSPS) is 14.4.